The Kier molecular flexibility index (Phi) is 8.98. The molecule has 0 radical (unpaired) electrons. The molecule has 2 saturated heterocycles. The van der Waals surface area contributed by atoms with E-state index >= 15 is 0 Å². The number of likely N-dealkylation sites (tertiary alicyclic amines) is 1. The van der Waals surface area contributed by atoms with Crippen molar-refractivity contribution in [3.8, 4) is 11.6 Å². The first-order chi connectivity index (χ1) is 20.1. The van der Waals surface area contributed by atoms with E-state index in [0.717, 1.165) is 11.3 Å². The third kappa shape index (κ3) is 7.19. The Morgan fingerprint density at radius 1 is 1.10 bits per heavy atom. The van der Waals surface area contributed by atoms with Crippen molar-refractivity contribution in [2.45, 2.75) is 51.9 Å². The molecule has 3 aliphatic rings. The number of piperazine rings is 1. The average molecular weight is 580 g/mol. The molecule has 1 aromatic carbocycles. The summed E-state index contributed by atoms with van der Waals surface area (Å²) in [6, 6.07) is 10.5. The van der Waals surface area contributed by atoms with E-state index in [1.54, 1.807) is 35.2 Å². The van der Waals surface area contributed by atoms with Gasteiger partial charge in [0.1, 0.15) is 24.5 Å². The predicted octanol–water partition coefficient (Wildman–Crippen LogP) is 1.96. The number of hydrogen-bond acceptors (Lipinski definition) is 8. The van der Waals surface area contributed by atoms with Gasteiger partial charge < -0.3 is 29.3 Å². The normalized spacial score (nSPS) is 23.8. The van der Waals surface area contributed by atoms with E-state index in [1.165, 1.54) is 0 Å². The van der Waals surface area contributed by atoms with Crippen LogP contribution in [0.25, 0.3) is 0 Å². The maximum absolute atomic E-state index is 13.5. The number of carbonyl (C=O) groups excluding carboxylic acids is 3. The average Bonchev–Trinajstić information content (AvgIpc) is 3.34. The summed E-state index contributed by atoms with van der Waals surface area (Å²) in [6.45, 7) is 9.04. The molecule has 42 heavy (non-hydrogen) atoms. The summed E-state index contributed by atoms with van der Waals surface area (Å²) < 4.78 is 17.6. The van der Waals surface area contributed by atoms with Crippen LogP contribution in [0, 0.1) is 5.41 Å². The lowest BCUT2D eigenvalue weighted by Crippen LogP contribution is -2.59. The summed E-state index contributed by atoms with van der Waals surface area (Å²) >= 11 is 0. The maximum atomic E-state index is 13.5. The standard InChI is InChI=1S/C31H41N5O6/c1-31(2,3)14-27(37)35-12-13-36-22(16-35)19-42-30-24(6-5-11-32-30)29(39)33-25-17-34(18-26(25)41-20-28(36)38)15-21-7-9-23(40-4)10-8-21/h5-11,22,25-26H,12-20H2,1-4H3,(H,33,39)/t22-,25+,26-/m0/s1. The van der Waals surface area contributed by atoms with E-state index in [4.69, 9.17) is 14.2 Å². The van der Waals surface area contributed by atoms with Crippen LogP contribution in [-0.4, -0.2) is 109 Å². The first kappa shape index (κ1) is 29.8. The Morgan fingerprint density at radius 2 is 1.88 bits per heavy atom. The van der Waals surface area contributed by atoms with Crippen molar-refractivity contribution in [3.63, 3.8) is 0 Å². The van der Waals surface area contributed by atoms with Gasteiger partial charge in [-0.05, 0) is 35.2 Å². The summed E-state index contributed by atoms with van der Waals surface area (Å²) in [5, 5.41) is 3.11. The van der Waals surface area contributed by atoms with Crippen molar-refractivity contribution >= 4 is 17.7 Å². The molecule has 1 N–H and O–H groups in total. The number of fused-ring (bicyclic) bond motifs is 3. The minimum absolute atomic E-state index is 0.0532. The number of nitrogens with zero attached hydrogens (tertiary/aromatic N) is 4. The van der Waals surface area contributed by atoms with Crippen molar-refractivity contribution in [2.24, 2.45) is 5.41 Å². The second-order valence-corrected chi connectivity index (χ2v) is 12.5. The van der Waals surface area contributed by atoms with E-state index < -0.39 is 6.04 Å². The SMILES string of the molecule is COc1ccc(CN2C[C@@H]3OCC(=O)N4CCN(C(=O)CC(C)(C)C)C[C@H]4COc4ncccc4C(=O)N[C@@H]3C2)cc1. The number of nitrogens with one attached hydrogen (secondary N) is 1. The van der Waals surface area contributed by atoms with Gasteiger partial charge in [0.2, 0.25) is 17.7 Å². The van der Waals surface area contributed by atoms with Crippen LogP contribution in [0.4, 0.5) is 0 Å². The van der Waals surface area contributed by atoms with Crippen LogP contribution in [0.5, 0.6) is 11.6 Å². The maximum Gasteiger partial charge on any atom is 0.257 e. The number of pyridine rings is 1. The van der Waals surface area contributed by atoms with E-state index in [0.29, 0.717) is 51.3 Å². The first-order valence-corrected chi connectivity index (χ1v) is 14.5. The number of amides is 3. The third-order valence-corrected chi connectivity index (χ3v) is 7.91. The van der Waals surface area contributed by atoms with Crippen molar-refractivity contribution in [2.75, 3.05) is 53.0 Å². The highest BCUT2D eigenvalue weighted by molar-refractivity contribution is 5.96. The lowest BCUT2D eigenvalue weighted by Gasteiger charge is -2.42. The van der Waals surface area contributed by atoms with Crippen molar-refractivity contribution in [3.05, 3.63) is 53.7 Å². The van der Waals surface area contributed by atoms with Crippen LogP contribution in [-0.2, 0) is 20.9 Å². The molecule has 3 atom stereocenters. The van der Waals surface area contributed by atoms with E-state index in [9.17, 15) is 14.4 Å². The Labute approximate surface area is 247 Å². The molecule has 1 aromatic heterocycles. The number of ether oxygens (including phenoxy) is 3. The molecule has 5 rings (SSSR count). The molecule has 0 saturated carbocycles. The number of rotatable bonds is 4. The molecule has 0 aliphatic carbocycles. The lowest BCUT2D eigenvalue weighted by molar-refractivity contribution is -0.149. The number of aromatic nitrogens is 1. The second-order valence-electron chi connectivity index (χ2n) is 12.5. The number of hydrogen-bond donors (Lipinski definition) is 1. The monoisotopic (exact) mass is 579 g/mol. The summed E-state index contributed by atoms with van der Waals surface area (Å²) in [5.41, 5.74) is 1.28. The van der Waals surface area contributed by atoms with Gasteiger partial charge in [-0.3, -0.25) is 19.3 Å². The molecular formula is C31H41N5O6. The smallest absolute Gasteiger partial charge is 0.257 e. The zero-order valence-corrected chi connectivity index (χ0v) is 24.9. The molecular weight excluding hydrogens is 538 g/mol. The van der Waals surface area contributed by atoms with Crippen LogP contribution in [0.1, 0.15) is 43.1 Å². The predicted molar refractivity (Wildman–Crippen MR) is 155 cm³/mol. The molecule has 3 aliphatic heterocycles. The van der Waals surface area contributed by atoms with Crippen LogP contribution < -0.4 is 14.8 Å². The number of carbonyl (C=O) groups is 3. The Bertz CT molecular complexity index is 1280. The van der Waals surface area contributed by atoms with Gasteiger partial charge in [-0.1, -0.05) is 32.9 Å². The topological polar surface area (TPSA) is 114 Å². The molecule has 0 spiro atoms. The highest BCUT2D eigenvalue weighted by Gasteiger charge is 2.39. The van der Waals surface area contributed by atoms with Gasteiger partial charge in [0.25, 0.3) is 5.91 Å². The van der Waals surface area contributed by atoms with Gasteiger partial charge in [0.05, 0.1) is 25.3 Å². The number of methoxy groups -OCH3 is 1. The molecule has 11 nitrogen and oxygen atoms in total. The molecule has 226 valence electrons. The van der Waals surface area contributed by atoms with Gasteiger partial charge in [-0.15, -0.1) is 0 Å². The Hall–Kier alpha value is -3.70. The Morgan fingerprint density at radius 3 is 2.62 bits per heavy atom. The fourth-order valence-corrected chi connectivity index (χ4v) is 5.76. The quantitative estimate of drug-likeness (QED) is 0.585. The van der Waals surface area contributed by atoms with Crippen LogP contribution >= 0.6 is 0 Å². The summed E-state index contributed by atoms with van der Waals surface area (Å²) in [6.07, 6.45) is 1.61. The van der Waals surface area contributed by atoms with Gasteiger partial charge >= 0.3 is 0 Å². The summed E-state index contributed by atoms with van der Waals surface area (Å²) in [5.74, 6) is 0.572. The zero-order valence-electron chi connectivity index (χ0n) is 24.9. The minimum Gasteiger partial charge on any atom is -0.497 e. The fourth-order valence-electron chi connectivity index (χ4n) is 5.76. The highest BCUT2D eigenvalue weighted by atomic mass is 16.5. The number of benzene rings is 1. The lowest BCUT2D eigenvalue weighted by atomic mass is 9.91. The third-order valence-electron chi connectivity index (χ3n) is 7.91. The van der Waals surface area contributed by atoms with Crippen LogP contribution in [0.3, 0.4) is 0 Å². The molecule has 0 bridgehead atoms. The molecule has 2 aromatic rings. The minimum atomic E-state index is -0.400. The van der Waals surface area contributed by atoms with Gasteiger partial charge in [-0.25, -0.2) is 4.98 Å². The molecule has 3 amide bonds. The van der Waals surface area contributed by atoms with E-state index in [-0.39, 0.29) is 54.4 Å². The van der Waals surface area contributed by atoms with Crippen molar-refractivity contribution in [1.82, 2.24) is 25.0 Å². The van der Waals surface area contributed by atoms with Gasteiger partial charge in [0.15, 0.2) is 0 Å². The van der Waals surface area contributed by atoms with Gasteiger partial charge in [-0.2, -0.15) is 0 Å². The van der Waals surface area contributed by atoms with Crippen molar-refractivity contribution < 1.29 is 28.6 Å². The first-order valence-electron chi connectivity index (χ1n) is 14.5. The fraction of sp³-hybridized carbons (Fsp3) is 0.548. The summed E-state index contributed by atoms with van der Waals surface area (Å²) in [4.78, 5) is 50.1. The molecule has 11 heteroatoms. The van der Waals surface area contributed by atoms with E-state index in [1.807, 2.05) is 45.0 Å². The molecule has 4 heterocycles. The molecule has 2 fully saturated rings. The van der Waals surface area contributed by atoms with Gasteiger partial charge in [0, 0.05) is 51.9 Å². The second kappa shape index (κ2) is 12.7. The van der Waals surface area contributed by atoms with Crippen molar-refractivity contribution in [1.29, 1.82) is 0 Å². The van der Waals surface area contributed by atoms with Crippen LogP contribution in [0.15, 0.2) is 42.6 Å². The molecule has 0 unspecified atom stereocenters. The Balaban J connectivity index is 1.35. The van der Waals surface area contributed by atoms with E-state index in [2.05, 4.69) is 15.2 Å². The zero-order chi connectivity index (χ0) is 29.9. The largest absolute Gasteiger partial charge is 0.497 e. The highest BCUT2D eigenvalue weighted by Crippen LogP contribution is 2.24. The summed E-state index contributed by atoms with van der Waals surface area (Å²) in [7, 11) is 1.64. The van der Waals surface area contributed by atoms with Crippen LogP contribution in [0.2, 0.25) is 0 Å².